The smallest absolute Gasteiger partial charge is 0.0334 e. The monoisotopic (exact) mass is 250 g/mol. The first kappa shape index (κ1) is 11.7. The highest BCUT2D eigenvalue weighted by molar-refractivity contribution is 7.09. The van der Waals surface area contributed by atoms with Gasteiger partial charge in [0, 0.05) is 36.1 Å². The molecule has 1 unspecified atom stereocenters. The third kappa shape index (κ3) is 2.56. The molecule has 2 heterocycles. The predicted molar refractivity (Wildman–Crippen MR) is 73.3 cm³/mol. The largest absolute Gasteiger partial charge is 0.311 e. The molecule has 94 valence electrons. The lowest BCUT2D eigenvalue weighted by atomic mass is 9.95. The Morgan fingerprint density at radius 2 is 2.29 bits per heavy atom. The van der Waals surface area contributed by atoms with Crippen molar-refractivity contribution in [3.8, 4) is 0 Å². The predicted octanol–water partition coefficient (Wildman–Crippen LogP) is 2.71. The summed E-state index contributed by atoms with van der Waals surface area (Å²) in [4.78, 5) is 4.16. The van der Waals surface area contributed by atoms with Crippen LogP contribution in [0.3, 0.4) is 0 Å². The molecule has 1 N–H and O–H groups in total. The van der Waals surface area contributed by atoms with Crippen LogP contribution in [0.5, 0.6) is 0 Å². The van der Waals surface area contributed by atoms with Crippen molar-refractivity contribution in [1.29, 1.82) is 0 Å². The second-order valence-electron chi connectivity index (χ2n) is 6.10. The van der Waals surface area contributed by atoms with Gasteiger partial charge < -0.3 is 5.32 Å². The molecule has 0 radical (unpaired) electrons. The van der Waals surface area contributed by atoms with E-state index in [0.717, 1.165) is 25.0 Å². The number of nitrogens with one attached hydrogen (secondary N) is 1. The molecule has 0 bridgehead atoms. The SMILES string of the molecule is CC1(C)CNC(C2CC2)CN1Cc1cccs1. The van der Waals surface area contributed by atoms with E-state index in [2.05, 4.69) is 41.6 Å². The summed E-state index contributed by atoms with van der Waals surface area (Å²) in [6, 6.07) is 5.16. The van der Waals surface area contributed by atoms with Crippen LogP contribution >= 0.6 is 11.3 Å². The Morgan fingerprint density at radius 1 is 1.47 bits per heavy atom. The normalized spacial score (nSPS) is 29.4. The molecular weight excluding hydrogens is 228 g/mol. The average Bonchev–Trinajstić information content (AvgIpc) is 3.00. The van der Waals surface area contributed by atoms with Gasteiger partial charge in [0.05, 0.1) is 0 Å². The Labute approximate surface area is 108 Å². The lowest BCUT2D eigenvalue weighted by molar-refractivity contribution is 0.0543. The van der Waals surface area contributed by atoms with Crippen LogP contribution in [0, 0.1) is 5.92 Å². The summed E-state index contributed by atoms with van der Waals surface area (Å²) < 4.78 is 0. The Hall–Kier alpha value is -0.380. The lowest BCUT2D eigenvalue weighted by Crippen LogP contribution is -2.62. The van der Waals surface area contributed by atoms with Crippen LogP contribution in [0.2, 0.25) is 0 Å². The van der Waals surface area contributed by atoms with E-state index in [-0.39, 0.29) is 5.54 Å². The Balaban J connectivity index is 1.69. The first-order valence-electron chi connectivity index (χ1n) is 6.66. The van der Waals surface area contributed by atoms with Crippen LogP contribution in [0.4, 0.5) is 0 Å². The van der Waals surface area contributed by atoms with Crippen LogP contribution in [0.1, 0.15) is 31.6 Å². The fourth-order valence-electron chi connectivity index (χ4n) is 2.73. The maximum absolute atomic E-state index is 3.74. The maximum Gasteiger partial charge on any atom is 0.0334 e. The summed E-state index contributed by atoms with van der Waals surface area (Å²) >= 11 is 1.88. The molecule has 1 aliphatic heterocycles. The van der Waals surface area contributed by atoms with E-state index in [1.807, 2.05) is 11.3 Å². The van der Waals surface area contributed by atoms with Gasteiger partial charge in [-0.3, -0.25) is 4.90 Å². The van der Waals surface area contributed by atoms with E-state index >= 15 is 0 Å². The number of hydrogen-bond donors (Lipinski definition) is 1. The van der Waals surface area contributed by atoms with E-state index in [9.17, 15) is 0 Å². The van der Waals surface area contributed by atoms with Crippen molar-refractivity contribution in [2.45, 2.75) is 44.8 Å². The average molecular weight is 250 g/mol. The summed E-state index contributed by atoms with van der Waals surface area (Å²) in [6.07, 6.45) is 2.87. The first-order valence-corrected chi connectivity index (χ1v) is 7.54. The van der Waals surface area contributed by atoms with Crippen LogP contribution < -0.4 is 5.32 Å². The van der Waals surface area contributed by atoms with E-state index in [1.54, 1.807) is 0 Å². The summed E-state index contributed by atoms with van der Waals surface area (Å²) in [7, 11) is 0. The summed E-state index contributed by atoms with van der Waals surface area (Å²) in [6.45, 7) is 8.18. The van der Waals surface area contributed by atoms with E-state index in [0.29, 0.717) is 0 Å². The number of piperazine rings is 1. The van der Waals surface area contributed by atoms with Crippen LogP contribution in [0.15, 0.2) is 17.5 Å². The molecule has 1 aromatic rings. The standard InChI is InChI=1S/C14H22N2S/c1-14(2)10-15-13(11-5-6-11)9-16(14)8-12-4-3-7-17-12/h3-4,7,11,13,15H,5-6,8-10H2,1-2H3. The van der Waals surface area contributed by atoms with E-state index in [1.165, 1.54) is 24.3 Å². The molecule has 1 aromatic heterocycles. The summed E-state index contributed by atoms with van der Waals surface area (Å²) in [5, 5.41) is 5.93. The highest BCUT2D eigenvalue weighted by Gasteiger charge is 2.40. The quantitative estimate of drug-likeness (QED) is 0.887. The van der Waals surface area contributed by atoms with Gasteiger partial charge in [0.25, 0.3) is 0 Å². The molecule has 2 fully saturated rings. The van der Waals surface area contributed by atoms with Crippen molar-refractivity contribution in [1.82, 2.24) is 10.2 Å². The molecule has 3 rings (SSSR count). The fraction of sp³-hybridized carbons (Fsp3) is 0.714. The topological polar surface area (TPSA) is 15.3 Å². The number of rotatable bonds is 3. The first-order chi connectivity index (χ1) is 8.15. The number of thiophene rings is 1. The maximum atomic E-state index is 3.74. The lowest BCUT2D eigenvalue weighted by Gasteiger charge is -2.46. The molecule has 1 saturated carbocycles. The highest BCUT2D eigenvalue weighted by Crippen LogP contribution is 2.36. The summed E-state index contributed by atoms with van der Waals surface area (Å²) in [5.41, 5.74) is 0.287. The second kappa shape index (κ2) is 4.38. The zero-order valence-corrected chi connectivity index (χ0v) is 11.6. The molecule has 1 saturated heterocycles. The van der Waals surface area contributed by atoms with Crippen molar-refractivity contribution in [3.63, 3.8) is 0 Å². The van der Waals surface area contributed by atoms with Gasteiger partial charge in [-0.15, -0.1) is 11.3 Å². The van der Waals surface area contributed by atoms with Crippen molar-refractivity contribution >= 4 is 11.3 Å². The molecule has 2 nitrogen and oxygen atoms in total. The Bertz CT molecular complexity index is 368. The van der Waals surface area contributed by atoms with Crippen molar-refractivity contribution < 1.29 is 0 Å². The molecule has 0 amide bonds. The van der Waals surface area contributed by atoms with Gasteiger partial charge >= 0.3 is 0 Å². The van der Waals surface area contributed by atoms with Crippen molar-refractivity contribution in [3.05, 3.63) is 22.4 Å². The van der Waals surface area contributed by atoms with E-state index in [4.69, 9.17) is 0 Å². The zero-order chi connectivity index (χ0) is 11.9. The Kier molecular flexibility index (Phi) is 3.01. The zero-order valence-electron chi connectivity index (χ0n) is 10.8. The fourth-order valence-corrected chi connectivity index (χ4v) is 3.44. The van der Waals surface area contributed by atoms with Gasteiger partial charge in [0.2, 0.25) is 0 Å². The molecule has 17 heavy (non-hydrogen) atoms. The van der Waals surface area contributed by atoms with E-state index < -0.39 is 0 Å². The molecule has 0 spiro atoms. The van der Waals surface area contributed by atoms with Gasteiger partial charge in [0.1, 0.15) is 0 Å². The minimum Gasteiger partial charge on any atom is -0.311 e. The van der Waals surface area contributed by atoms with Crippen LogP contribution in [-0.2, 0) is 6.54 Å². The van der Waals surface area contributed by atoms with Crippen molar-refractivity contribution in [2.75, 3.05) is 13.1 Å². The van der Waals surface area contributed by atoms with Crippen LogP contribution in [0.25, 0.3) is 0 Å². The molecule has 0 aromatic carbocycles. The minimum atomic E-state index is 0.287. The highest BCUT2D eigenvalue weighted by atomic mass is 32.1. The molecule has 2 aliphatic rings. The van der Waals surface area contributed by atoms with Gasteiger partial charge in [0.15, 0.2) is 0 Å². The van der Waals surface area contributed by atoms with Crippen LogP contribution in [-0.4, -0.2) is 29.6 Å². The molecule has 3 heteroatoms. The second-order valence-corrected chi connectivity index (χ2v) is 7.13. The number of hydrogen-bond acceptors (Lipinski definition) is 3. The number of nitrogens with zero attached hydrogens (tertiary/aromatic N) is 1. The molecular formula is C14H22N2S. The summed E-state index contributed by atoms with van der Waals surface area (Å²) in [5.74, 6) is 0.955. The van der Waals surface area contributed by atoms with Gasteiger partial charge in [-0.05, 0) is 44.1 Å². The van der Waals surface area contributed by atoms with Gasteiger partial charge in [-0.1, -0.05) is 6.07 Å². The molecule has 1 aliphatic carbocycles. The van der Waals surface area contributed by atoms with Crippen molar-refractivity contribution in [2.24, 2.45) is 5.92 Å². The van der Waals surface area contributed by atoms with Gasteiger partial charge in [-0.25, -0.2) is 0 Å². The third-order valence-corrected chi connectivity index (χ3v) is 5.05. The van der Waals surface area contributed by atoms with Gasteiger partial charge in [-0.2, -0.15) is 0 Å². The minimum absolute atomic E-state index is 0.287. The Morgan fingerprint density at radius 3 is 2.94 bits per heavy atom. The third-order valence-electron chi connectivity index (χ3n) is 4.19. The molecule has 1 atom stereocenters.